The van der Waals surface area contributed by atoms with Crippen LogP contribution in [0, 0.1) is 0 Å². The highest BCUT2D eigenvalue weighted by Crippen LogP contribution is 2.20. The number of aliphatic hydroxyl groups is 1. The highest BCUT2D eigenvalue weighted by molar-refractivity contribution is 5.77. The molecule has 0 aliphatic carbocycles. The second-order valence-corrected chi connectivity index (χ2v) is 4.91. The van der Waals surface area contributed by atoms with Crippen LogP contribution in [0.5, 0.6) is 0 Å². The molecule has 1 heterocycles. The number of likely N-dealkylation sites (tertiary alicyclic amines) is 1. The molecule has 2 unspecified atom stereocenters. The largest absolute Gasteiger partial charge is 0.396 e. The lowest BCUT2D eigenvalue weighted by Crippen LogP contribution is -2.46. The van der Waals surface area contributed by atoms with Crippen LogP contribution in [-0.2, 0) is 4.79 Å². The van der Waals surface area contributed by atoms with Gasteiger partial charge in [0.15, 0.2) is 0 Å². The van der Waals surface area contributed by atoms with Crippen LogP contribution < -0.4 is 5.32 Å². The maximum atomic E-state index is 12.2. The van der Waals surface area contributed by atoms with Gasteiger partial charge in [-0.1, -0.05) is 6.92 Å². The first kappa shape index (κ1) is 14.5. The number of piperidine rings is 1. The summed E-state index contributed by atoms with van der Waals surface area (Å²) in [6.45, 7) is 6.04. The first-order chi connectivity index (χ1) is 8.19. The number of amides is 1. The van der Waals surface area contributed by atoms with Crippen LogP contribution in [0.3, 0.4) is 0 Å². The van der Waals surface area contributed by atoms with Gasteiger partial charge in [0, 0.05) is 31.7 Å². The monoisotopic (exact) mass is 242 g/mol. The van der Waals surface area contributed by atoms with Crippen molar-refractivity contribution in [3.63, 3.8) is 0 Å². The van der Waals surface area contributed by atoms with E-state index in [0.717, 1.165) is 32.4 Å². The molecule has 0 radical (unpaired) electrons. The minimum atomic E-state index is 0.178. The Morgan fingerprint density at radius 3 is 2.94 bits per heavy atom. The molecule has 1 amide bonds. The lowest BCUT2D eigenvalue weighted by atomic mass is 9.98. The van der Waals surface area contributed by atoms with Crippen LogP contribution in [0.1, 0.15) is 46.0 Å². The van der Waals surface area contributed by atoms with Gasteiger partial charge in [-0.25, -0.2) is 0 Å². The van der Waals surface area contributed by atoms with E-state index in [-0.39, 0.29) is 24.6 Å². The van der Waals surface area contributed by atoms with Crippen LogP contribution in [0.25, 0.3) is 0 Å². The number of carbonyl (C=O) groups excluding carboxylic acids is 1. The number of rotatable bonds is 6. The Bertz CT molecular complexity index is 231. The van der Waals surface area contributed by atoms with Gasteiger partial charge in [-0.3, -0.25) is 4.79 Å². The number of hydrogen-bond acceptors (Lipinski definition) is 3. The molecule has 1 rings (SSSR count). The van der Waals surface area contributed by atoms with Crippen molar-refractivity contribution in [3.05, 3.63) is 0 Å². The lowest BCUT2D eigenvalue weighted by molar-refractivity contribution is -0.135. The van der Waals surface area contributed by atoms with Crippen LogP contribution in [0.2, 0.25) is 0 Å². The molecule has 0 aromatic heterocycles. The van der Waals surface area contributed by atoms with E-state index in [2.05, 4.69) is 12.2 Å². The summed E-state index contributed by atoms with van der Waals surface area (Å²) in [6, 6.07) is 0.499. The molecule has 2 N–H and O–H groups in total. The third-order valence-corrected chi connectivity index (χ3v) is 3.44. The zero-order valence-corrected chi connectivity index (χ0v) is 11.1. The van der Waals surface area contributed by atoms with Gasteiger partial charge in [-0.05, 0) is 39.2 Å². The van der Waals surface area contributed by atoms with E-state index in [1.807, 2.05) is 11.8 Å². The number of carbonyl (C=O) groups is 1. The molecular formula is C13H26N2O2. The summed E-state index contributed by atoms with van der Waals surface area (Å²) in [5, 5.41) is 12.3. The molecule has 4 heteroatoms. The minimum Gasteiger partial charge on any atom is -0.396 e. The average molecular weight is 242 g/mol. The van der Waals surface area contributed by atoms with Gasteiger partial charge >= 0.3 is 0 Å². The first-order valence-electron chi connectivity index (χ1n) is 6.82. The van der Waals surface area contributed by atoms with E-state index in [1.165, 1.54) is 6.42 Å². The SMILES string of the molecule is CCNC(C)CC(=O)N1CCCCC1CCO. The fraction of sp³-hybridized carbons (Fsp3) is 0.923. The Balaban J connectivity index is 2.46. The van der Waals surface area contributed by atoms with Crippen LogP contribution in [-0.4, -0.2) is 47.7 Å². The molecular weight excluding hydrogens is 216 g/mol. The van der Waals surface area contributed by atoms with Crippen molar-refractivity contribution in [1.29, 1.82) is 0 Å². The Hall–Kier alpha value is -0.610. The molecule has 100 valence electrons. The molecule has 1 saturated heterocycles. The van der Waals surface area contributed by atoms with Gasteiger partial charge in [0.2, 0.25) is 5.91 Å². The van der Waals surface area contributed by atoms with Gasteiger partial charge in [0.1, 0.15) is 0 Å². The van der Waals surface area contributed by atoms with Crippen molar-refractivity contribution >= 4 is 5.91 Å². The minimum absolute atomic E-state index is 0.178. The number of nitrogens with zero attached hydrogens (tertiary/aromatic N) is 1. The molecule has 0 aromatic rings. The summed E-state index contributed by atoms with van der Waals surface area (Å²) in [7, 11) is 0. The molecule has 4 nitrogen and oxygen atoms in total. The fourth-order valence-corrected chi connectivity index (χ4v) is 2.58. The van der Waals surface area contributed by atoms with Crippen molar-refractivity contribution in [2.75, 3.05) is 19.7 Å². The second-order valence-electron chi connectivity index (χ2n) is 4.91. The van der Waals surface area contributed by atoms with Gasteiger partial charge in [0.05, 0.1) is 0 Å². The summed E-state index contributed by atoms with van der Waals surface area (Å²) in [6.07, 6.45) is 4.61. The standard InChI is InChI=1S/C13H26N2O2/c1-3-14-11(2)10-13(17)15-8-5-4-6-12(15)7-9-16/h11-12,14,16H,3-10H2,1-2H3. The summed E-state index contributed by atoms with van der Waals surface area (Å²) in [5.74, 6) is 0.233. The number of hydrogen-bond donors (Lipinski definition) is 2. The summed E-state index contributed by atoms with van der Waals surface area (Å²) in [5.41, 5.74) is 0. The normalized spacial score (nSPS) is 22.5. The Kier molecular flexibility index (Phi) is 6.52. The number of aliphatic hydroxyl groups excluding tert-OH is 1. The van der Waals surface area contributed by atoms with Crippen molar-refractivity contribution in [1.82, 2.24) is 10.2 Å². The molecule has 1 fully saturated rings. The molecule has 2 atom stereocenters. The van der Waals surface area contributed by atoms with E-state index in [0.29, 0.717) is 6.42 Å². The van der Waals surface area contributed by atoms with Crippen molar-refractivity contribution < 1.29 is 9.90 Å². The molecule has 0 bridgehead atoms. The number of nitrogens with one attached hydrogen (secondary N) is 1. The zero-order chi connectivity index (χ0) is 12.7. The Morgan fingerprint density at radius 1 is 1.53 bits per heavy atom. The molecule has 0 spiro atoms. The van der Waals surface area contributed by atoms with E-state index in [1.54, 1.807) is 0 Å². The molecule has 0 saturated carbocycles. The van der Waals surface area contributed by atoms with Crippen molar-refractivity contribution in [2.45, 2.75) is 58.0 Å². The van der Waals surface area contributed by atoms with E-state index < -0.39 is 0 Å². The first-order valence-corrected chi connectivity index (χ1v) is 6.82. The molecule has 1 aliphatic rings. The lowest BCUT2D eigenvalue weighted by Gasteiger charge is -2.36. The molecule has 17 heavy (non-hydrogen) atoms. The highest BCUT2D eigenvalue weighted by atomic mass is 16.3. The predicted octanol–water partition coefficient (Wildman–Crippen LogP) is 1.14. The summed E-state index contributed by atoms with van der Waals surface area (Å²) < 4.78 is 0. The van der Waals surface area contributed by atoms with Crippen molar-refractivity contribution in [3.8, 4) is 0 Å². The second kappa shape index (κ2) is 7.67. The van der Waals surface area contributed by atoms with E-state index in [9.17, 15) is 4.79 Å². The quantitative estimate of drug-likeness (QED) is 0.734. The average Bonchev–Trinajstić information content (AvgIpc) is 2.30. The third-order valence-electron chi connectivity index (χ3n) is 3.44. The van der Waals surface area contributed by atoms with Crippen LogP contribution in [0.4, 0.5) is 0 Å². The van der Waals surface area contributed by atoms with Gasteiger partial charge < -0.3 is 15.3 Å². The Labute approximate surface area is 104 Å². The van der Waals surface area contributed by atoms with Gasteiger partial charge in [-0.15, -0.1) is 0 Å². The maximum absolute atomic E-state index is 12.2. The highest BCUT2D eigenvalue weighted by Gasteiger charge is 2.26. The summed E-state index contributed by atoms with van der Waals surface area (Å²) >= 11 is 0. The molecule has 0 aromatic carbocycles. The molecule has 1 aliphatic heterocycles. The van der Waals surface area contributed by atoms with Crippen LogP contribution >= 0.6 is 0 Å². The van der Waals surface area contributed by atoms with E-state index >= 15 is 0 Å². The smallest absolute Gasteiger partial charge is 0.224 e. The van der Waals surface area contributed by atoms with Gasteiger partial charge in [-0.2, -0.15) is 0 Å². The van der Waals surface area contributed by atoms with E-state index in [4.69, 9.17) is 5.11 Å². The fourth-order valence-electron chi connectivity index (χ4n) is 2.58. The maximum Gasteiger partial charge on any atom is 0.224 e. The van der Waals surface area contributed by atoms with Crippen LogP contribution in [0.15, 0.2) is 0 Å². The third kappa shape index (κ3) is 4.64. The van der Waals surface area contributed by atoms with Crippen molar-refractivity contribution in [2.24, 2.45) is 0 Å². The predicted molar refractivity (Wildman–Crippen MR) is 68.8 cm³/mol. The Morgan fingerprint density at radius 2 is 2.29 bits per heavy atom. The summed E-state index contributed by atoms with van der Waals surface area (Å²) in [4.78, 5) is 14.2. The van der Waals surface area contributed by atoms with Gasteiger partial charge in [0.25, 0.3) is 0 Å². The topological polar surface area (TPSA) is 52.6 Å². The zero-order valence-electron chi connectivity index (χ0n) is 11.1.